The highest BCUT2D eigenvalue weighted by Gasteiger charge is 2.31. The number of hydrogen-bond donors (Lipinski definition) is 0. The first kappa shape index (κ1) is 20.3. The minimum Gasteiger partial charge on any atom is -0.497 e. The third-order valence-electron chi connectivity index (χ3n) is 5.89. The van der Waals surface area contributed by atoms with Crippen LogP contribution in [0.3, 0.4) is 0 Å². The molecule has 0 unspecified atom stereocenters. The van der Waals surface area contributed by atoms with Crippen LogP contribution in [0.25, 0.3) is 11.3 Å². The number of rotatable bonds is 6. The van der Waals surface area contributed by atoms with Gasteiger partial charge in [-0.15, -0.1) is 0 Å². The van der Waals surface area contributed by atoms with E-state index >= 15 is 0 Å². The Morgan fingerprint density at radius 1 is 1.17 bits per heavy atom. The lowest BCUT2D eigenvalue weighted by Crippen LogP contribution is -2.24. The fraction of sp³-hybridized carbons (Fsp3) is 0.435. The van der Waals surface area contributed by atoms with Crippen LogP contribution >= 0.6 is 0 Å². The summed E-state index contributed by atoms with van der Waals surface area (Å²) in [5.41, 5.74) is 4.99. The highest BCUT2D eigenvalue weighted by molar-refractivity contribution is 5.64. The van der Waals surface area contributed by atoms with Crippen molar-refractivity contribution < 1.29 is 14.0 Å². The summed E-state index contributed by atoms with van der Waals surface area (Å²) in [5.74, 6) is 3.15. The summed E-state index contributed by atoms with van der Waals surface area (Å²) in [7, 11) is 3.36. The maximum Gasteiger partial charge on any atom is 0.173 e. The normalized spacial score (nSPS) is 16.8. The van der Waals surface area contributed by atoms with Crippen LogP contribution in [-0.2, 0) is 6.54 Å². The van der Waals surface area contributed by atoms with Crippen LogP contribution in [0.1, 0.15) is 47.2 Å². The Hall–Kier alpha value is -2.93. The van der Waals surface area contributed by atoms with Crippen LogP contribution in [0, 0.1) is 20.8 Å². The molecule has 0 saturated carbocycles. The molecule has 0 N–H and O–H groups in total. The number of methoxy groups -OCH3 is 2. The molecule has 3 heterocycles. The standard InChI is InChI=1S/C23H28N4O3/c1-14-15(2)26-30-23(14)19-12-24-16(3)25-22(19)20-7-6-10-27(20)13-17-8-9-18(28-4)11-21(17)29-5/h8-9,11-12,20H,6-7,10,13H2,1-5H3/t20-/m0/s1. The number of aromatic nitrogens is 3. The van der Waals surface area contributed by atoms with E-state index in [2.05, 4.69) is 21.1 Å². The van der Waals surface area contributed by atoms with Gasteiger partial charge in [0.15, 0.2) is 5.76 Å². The molecular formula is C23H28N4O3. The molecule has 3 aromatic rings. The van der Waals surface area contributed by atoms with E-state index in [1.165, 1.54) is 0 Å². The molecular weight excluding hydrogens is 380 g/mol. The molecule has 1 atom stereocenters. The summed E-state index contributed by atoms with van der Waals surface area (Å²) in [6.07, 6.45) is 4.02. The molecule has 1 aliphatic heterocycles. The van der Waals surface area contributed by atoms with E-state index in [0.29, 0.717) is 0 Å². The molecule has 0 aliphatic carbocycles. The lowest BCUT2D eigenvalue weighted by molar-refractivity contribution is 0.240. The van der Waals surface area contributed by atoms with Crippen molar-refractivity contribution >= 4 is 0 Å². The Kier molecular flexibility index (Phi) is 5.72. The minimum absolute atomic E-state index is 0.179. The second kappa shape index (κ2) is 8.44. The van der Waals surface area contributed by atoms with E-state index in [1.807, 2.05) is 39.1 Å². The lowest BCUT2D eigenvalue weighted by Gasteiger charge is -2.26. The SMILES string of the molecule is COc1ccc(CN2CCC[C@H]2c2nc(C)ncc2-c2onc(C)c2C)c(OC)c1. The van der Waals surface area contributed by atoms with Crippen LogP contribution in [0.2, 0.25) is 0 Å². The molecule has 0 amide bonds. The van der Waals surface area contributed by atoms with Crippen LogP contribution in [0.4, 0.5) is 0 Å². The van der Waals surface area contributed by atoms with Crippen molar-refractivity contribution in [3.63, 3.8) is 0 Å². The van der Waals surface area contributed by atoms with Crippen molar-refractivity contribution in [1.29, 1.82) is 0 Å². The van der Waals surface area contributed by atoms with Crippen LogP contribution in [-0.4, -0.2) is 40.8 Å². The van der Waals surface area contributed by atoms with Crippen LogP contribution < -0.4 is 9.47 Å². The molecule has 7 nitrogen and oxygen atoms in total. The van der Waals surface area contributed by atoms with Gasteiger partial charge in [-0.2, -0.15) is 0 Å². The second-order valence-corrected chi connectivity index (χ2v) is 7.74. The first-order chi connectivity index (χ1) is 14.5. The molecule has 1 saturated heterocycles. The Bertz CT molecular complexity index is 1050. The molecule has 0 spiro atoms. The van der Waals surface area contributed by atoms with Gasteiger partial charge in [0.2, 0.25) is 0 Å². The maximum absolute atomic E-state index is 5.65. The molecule has 1 aliphatic rings. The smallest absolute Gasteiger partial charge is 0.173 e. The summed E-state index contributed by atoms with van der Waals surface area (Å²) in [5, 5.41) is 4.14. The van der Waals surface area contributed by atoms with Crippen molar-refractivity contribution in [2.45, 2.75) is 46.2 Å². The largest absolute Gasteiger partial charge is 0.497 e. The van der Waals surface area contributed by atoms with Crippen LogP contribution in [0.5, 0.6) is 11.5 Å². The summed E-state index contributed by atoms with van der Waals surface area (Å²) in [4.78, 5) is 11.7. The molecule has 158 valence electrons. The first-order valence-electron chi connectivity index (χ1n) is 10.2. The van der Waals surface area contributed by atoms with Crippen molar-refractivity contribution in [3.8, 4) is 22.8 Å². The van der Waals surface area contributed by atoms with Gasteiger partial charge in [0.25, 0.3) is 0 Å². The monoisotopic (exact) mass is 408 g/mol. The first-order valence-corrected chi connectivity index (χ1v) is 10.2. The summed E-state index contributed by atoms with van der Waals surface area (Å²) in [6.45, 7) is 7.68. The highest BCUT2D eigenvalue weighted by Crippen LogP contribution is 2.39. The van der Waals surface area contributed by atoms with Gasteiger partial charge in [-0.3, -0.25) is 4.90 Å². The van der Waals surface area contributed by atoms with Crippen molar-refractivity contribution in [2.24, 2.45) is 0 Å². The lowest BCUT2D eigenvalue weighted by atomic mass is 10.0. The molecule has 1 fully saturated rings. The molecule has 0 bridgehead atoms. The van der Waals surface area contributed by atoms with Gasteiger partial charge in [-0.05, 0) is 46.2 Å². The fourth-order valence-corrected chi connectivity index (χ4v) is 4.11. The Balaban J connectivity index is 1.69. The maximum atomic E-state index is 5.65. The predicted octanol–water partition coefficient (Wildman–Crippen LogP) is 4.41. The molecule has 4 rings (SSSR count). The van der Waals surface area contributed by atoms with Gasteiger partial charge in [-0.25, -0.2) is 9.97 Å². The van der Waals surface area contributed by atoms with E-state index in [0.717, 1.165) is 77.1 Å². The highest BCUT2D eigenvalue weighted by atomic mass is 16.5. The van der Waals surface area contributed by atoms with Gasteiger partial charge in [-0.1, -0.05) is 11.2 Å². The summed E-state index contributed by atoms with van der Waals surface area (Å²) < 4.78 is 16.6. The topological polar surface area (TPSA) is 73.5 Å². The number of hydrogen-bond acceptors (Lipinski definition) is 7. The zero-order valence-electron chi connectivity index (χ0n) is 18.2. The second-order valence-electron chi connectivity index (χ2n) is 7.74. The Labute approximate surface area is 177 Å². The van der Waals surface area contributed by atoms with Crippen molar-refractivity contribution in [1.82, 2.24) is 20.0 Å². The Morgan fingerprint density at radius 2 is 2.00 bits per heavy atom. The zero-order valence-corrected chi connectivity index (χ0v) is 18.2. The van der Waals surface area contributed by atoms with Crippen molar-refractivity contribution in [3.05, 3.63) is 52.7 Å². The van der Waals surface area contributed by atoms with Gasteiger partial charge >= 0.3 is 0 Å². The van der Waals surface area contributed by atoms with Gasteiger partial charge in [0.1, 0.15) is 17.3 Å². The summed E-state index contributed by atoms with van der Waals surface area (Å²) in [6, 6.07) is 6.16. The predicted molar refractivity (Wildman–Crippen MR) is 114 cm³/mol. The van der Waals surface area contributed by atoms with Gasteiger partial charge in [0.05, 0.1) is 37.2 Å². The average Bonchev–Trinajstić information content (AvgIpc) is 3.35. The number of ether oxygens (including phenoxy) is 2. The minimum atomic E-state index is 0.179. The molecule has 1 aromatic carbocycles. The quantitative estimate of drug-likeness (QED) is 0.598. The van der Waals surface area contributed by atoms with Crippen LogP contribution in [0.15, 0.2) is 28.9 Å². The van der Waals surface area contributed by atoms with E-state index in [1.54, 1.807) is 14.2 Å². The van der Waals surface area contributed by atoms with Crippen molar-refractivity contribution in [2.75, 3.05) is 20.8 Å². The van der Waals surface area contributed by atoms with E-state index in [4.69, 9.17) is 19.0 Å². The number of aryl methyl sites for hydroxylation is 2. The van der Waals surface area contributed by atoms with Gasteiger partial charge < -0.3 is 14.0 Å². The molecule has 2 aromatic heterocycles. The third kappa shape index (κ3) is 3.77. The van der Waals surface area contributed by atoms with E-state index in [9.17, 15) is 0 Å². The number of benzene rings is 1. The molecule has 30 heavy (non-hydrogen) atoms. The summed E-state index contributed by atoms with van der Waals surface area (Å²) >= 11 is 0. The number of nitrogens with zero attached hydrogens (tertiary/aromatic N) is 4. The average molecular weight is 409 g/mol. The van der Waals surface area contributed by atoms with E-state index < -0.39 is 0 Å². The molecule has 0 radical (unpaired) electrons. The number of likely N-dealkylation sites (tertiary alicyclic amines) is 1. The molecule has 7 heteroatoms. The zero-order chi connectivity index (χ0) is 21.3. The van der Waals surface area contributed by atoms with E-state index in [-0.39, 0.29) is 6.04 Å². The third-order valence-corrected chi connectivity index (χ3v) is 5.89. The Morgan fingerprint density at radius 3 is 2.70 bits per heavy atom. The fourth-order valence-electron chi connectivity index (χ4n) is 4.11. The van der Waals surface area contributed by atoms with Gasteiger partial charge in [0, 0.05) is 29.9 Å².